The van der Waals surface area contributed by atoms with Crippen molar-refractivity contribution < 1.29 is 77.7 Å². The van der Waals surface area contributed by atoms with Crippen LogP contribution < -0.4 is 82.0 Å². The molecular formula is C63H95N19O16. The summed E-state index contributed by atoms with van der Waals surface area (Å²) >= 11 is 0. The number of aromatic amines is 1. The van der Waals surface area contributed by atoms with Gasteiger partial charge in [-0.1, -0.05) is 68.3 Å². The molecule has 0 spiro atoms. The molecule has 2 aliphatic heterocycles. The Kier molecular flexibility index (Phi) is 32.5. The van der Waals surface area contributed by atoms with Crippen molar-refractivity contribution in [3.63, 3.8) is 0 Å². The van der Waals surface area contributed by atoms with Crippen LogP contribution in [0.3, 0.4) is 0 Å². The van der Waals surface area contributed by atoms with Crippen molar-refractivity contribution in [2.75, 3.05) is 39.4 Å². The topological polar surface area (TPSA) is 569 Å². The SMILES string of the molecule is CCCC[C@H](NC(=O)[C@H](CO)NC(=O)[C@H](CCCCN=C(N)N)NC(=O)[C@H](CO)NC(C)=O)C(=O)N[C@H]1CCC(=O)ONCCCC[C@@H](C(N)=O)NC(=O)[C@H](Cc2c[nH]c3ccccc23)NC(=O)[C@H](CCCN=C(N)N)NC(=O)[C@@H](Cc2ccccc2)NC(=O)[C@@H]2CC(O)CN2C1=O. The monoisotopic (exact) mass is 1370 g/mol. The number of fused-ring (bicyclic) bond motifs is 2. The molecule has 2 saturated heterocycles. The number of hydroxylamine groups is 1. The number of nitrogens with one attached hydrogen (secondary N) is 11. The van der Waals surface area contributed by atoms with Crippen molar-refractivity contribution in [1.29, 1.82) is 0 Å². The smallest absolute Gasteiger partial charge is 0.324 e. The lowest BCUT2D eigenvalue weighted by Gasteiger charge is -2.31. The summed E-state index contributed by atoms with van der Waals surface area (Å²) in [7, 11) is 0. The van der Waals surface area contributed by atoms with Gasteiger partial charge in [0.1, 0.15) is 60.4 Å². The van der Waals surface area contributed by atoms with Gasteiger partial charge in [-0.25, -0.2) is 0 Å². The number of aliphatic hydroxyl groups excluding tert-OH is 3. The number of rotatable bonds is 28. The van der Waals surface area contributed by atoms with Gasteiger partial charge in [0.2, 0.25) is 65.0 Å². The van der Waals surface area contributed by atoms with Crippen LogP contribution in [0.2, 0.25) is 0 Å². The number of hydrogen-bond donors (Lipinski definition) is 19. The third kappa shape index (κ3) is 25.9. The quantitative estimate of drug-likeness (QED) is 0.0183. The average molecular weight is 1370 g/mol. The lowest BCUT2D eigenvalue weighted by atomic mass is 10.0. The van der Waals surface area contributed by atoms with Crippen LogP contribution in [-0.4, -0.2) is 214 Å². The minimum absolute atomic E-state index is 0.000391. The highest BCUT2D eigenvalue weighted by Gasteiger charge is 2.44. The molecule has 98 heavy (non-hydrogen) atoms. The second kappa shape index (κ2) is 40.5. The standard InChI is InChI=1S/C63H95N19O16/c1-3-4-18-42(76-59(95)49(34-84)81-55(91)43(21-10-12-25-69-62(65)66)77-58(94)48(33-83)73-35(2)85)53(89)78-45-23-24-51(87)98-72-27-13-11-20-41(52(64)88)74-57(93)47(29-37-31-71-40-19-9-8-17-39(37)40)79-54(90)44(22-14-26-70-63(67)68)75-56(92)46(28-36-15-6-5-7-16-36)80-60(96)50-30-38(86)32-82(50)61(45)97/h5-9,15-17,19,31,38,41-50,71-72,83-84,86H,3-4,10-14,18,20-30,32-34H2,1-2H3,(H2,64,88)(H,73,85)(H,74,93)(H,75,92)(H,76,95)(H,77,94)(H,78,89)(H,79,90)(H,80,96)(H,81,91)(H4,65,66,69)(H4,67,68,70)/t38?,41-,42-,43-,44-,45-,46+,47-,48-,49-,50-/m0/s1. The maximum Gasteiger partial charge on any atom is 0.324 e. The van der Waals surface area contributed by atoms with Crippen molar-refractivity contribution in [2.45, 2.75) is 183 Å². The van der Waals surface area contributed by atoms with Crippen molar-refractivity contribution in [3.8, 4) is 0 Å². The van der Waals surface area contributed by atoms with E-state index in [1.807, 2.05) is 12.1 Å². The summed E-state index contributed by atoms with van der Waals surface area (Å²) in [5, 5.41) is 55.3. The molecule has 24 N–H and O–H groups in total. The Labute approximate surface area is 565 Å². The van der Waals surface area contributed by atoms with E-state index in [0.717, 1.165) is 22.7 Å². The van der Waals surface area contributed by atoms with E-state index in [4.69, 9.17) is 33.5 Å². The molecular weight excluding hydrogens is 1280 g/mol. The Balaban J connectivity index is 1.48. The van der Waals surface area contributed by atoms with Crippen LogP contribution in [0.1, 0.15) is 115 Å². The molecule has 1 aromatic heterocycles. The second-order valence-corrected chi connectivity index (χ2v) is 24.0. The number of para-hydroxylation sites is 1. The number of H-pyrrole nitrogens is 1. The number of nitrogens with two attached hydrogens (primary N) is 5. The molecule has 3 heterocycles. The normalized spacial score (nSPS) is 21.4. The number of primary amides is 1. The minimum atomic E-state index is -1.78. The summed E-state index contributed by atoms with van der Waals surface area (Å²) in [4.78, 5) is 185. The van der Waals surface area contributed by atoms with Crippen LogP contribution in [0, 0.1) is 0 Å². The molecule has 3 aromatic rings. The summed E-state index contributed by atoms with van der Waals surface area (Å²) in [5.41, 5.74) is 32.3. The van der Waals surface area contributed by atoms with Gasteiger partial charge in [-0.15, -0.1) is 0 Å². The van der Waals surface area contributed by atoms with E-state index in [-0.39, 0.29) is 109 Å². The number of aliphatic hydroxyl groups is 3. The Bertz CT molecular complexity index is 3270. The highest BCUT2D eigenvalue weighted by atomic mass is 16.7. The number of unbranched alkanes of at least 4 members (excludes halogenated alkanes) is 2. The van der Waals surface area contributed by atoms with Crippen LogP contribution in [-0.2, 0) is 75.2 Å². The Hall–Kier alpha value is -10.0. The van der Waals surface area contributed by atoms with E-state index in [1.54, 1.807) is 55.6 Å². The third-order valence-electron chi connectivity index (χ3n) is 16.2. The van der Waals surface area contributed by atoms with Crippen molar-refractivity contribution in [3.05, 3.63) is 71.9 Å². The molecule has 0 radical (unpaired) electrons. The van der Waals surface area contributed by atoms with E-state index < -0.39 is 170 Å². The van der Waals surface area contributed by atoms with E-state index in [9.17, 15) is 68.1 Å². The van der Waals surface area contributed by atoms with E-state index in [1.165, 1.54) is 0 Å². The number of amides is 11. The maximum atomic E-state index is 15.1. The molecule has 11 amide bonds. The number of carbonyl (C=O) groups excluding carboxylic acids is 12. The fourth-order valence-electron chi connectivity index (χ4n) is 11.0. The zero-order valence-corrected chi connectivity index (χ0v) is 55.1. The molecule has 5 rings (SSSR count). The van der Waals surface area contributed by atoms with Gasteiger partial charge >= 0.3 is 5.97 Å². The number of benzene rings is 2. The van der Waals surface area contributed by atoms with Crippen molar-refractivity contribution in [1.82, 2.24) is 63.2 Å². The average Bonchev–Trinajstić information content (AvgIpc) is 1.63. The highest BCUT2D eigenvalue weighted by Crippen LogP contribution is 2.23. The number of aliphatic imine (C=N–C) groups is 2. The number of aromatic nitrogens is 1. The number of nitrogens with zero attached hydrogens (tertiary/aromatic N) is 3. The van der Waals surface area contributed by atoms with Crippen molar-refractivity contribution >= 4 is 93.8 Å². The van der Waals surface area contributed by atoms with Crippen LogP contribution in [0.5, 0.6) is 0 Å². The maximum absolute atomic E-state index is 15.1. The van der Waals surface area contributed by atoms with Gasteiger partial charge < -0.3 is 107 Å². The summed E-state index contributed by atoms with van der Waals surface area (Å²) in [6, 6.07) is 0.602. The van der Waals surface area contributed by atoms with Crippen LogP contribution in [0.25, 0.3) is 10.9 Å². The summed E-state index contributed by atoms with van der Waals surface area (Å²) in [6.07, 6.45) is 0.0569. The Morgan fingerprint density at radius 3 is 1.88 bits per heavy atom. The molecule has 0 aliphatic carbocycles. The molecule has 538 valence electrons. The lowest BCUT2D eigenvalue weighted by molar-refractivity contribution is -0.152. The Morgan fingerprint density at radius 1 is 0.653 bits per heavy atom. The number of hydrogen-bond acceptors (Lipinski definition) is 19. The van der Waals surface area contributed by atoms with E-state index in [2.05, 4.69) is 68.3 Å². The summed E-state index contributed by atoms with van der Waals surface area (Å²) in [5.74, 6) is -11.5. The first-order chi connectivity index (χ1) is 46.8. The Morgan fingerprint density at radius 2 is 1.22 bits per heavy atom. The van der Waals surface area contributed by atoms with E-state index in [0.29, 0.717) is 24.0 Å². The fraction of sp³-hybridized carbons (Fsp3) is 0.556. The first-order valence-electron chi connectivity index (χ1n) is 32.6. The summed E-state index contributed by atoms with van der Waals surface area (Å²) < 4.78 is 0. The second-order valence-electron chi connectivity index (χ2n) is 24.0. The molecule has 35 nitrogen and oxygen atoms in total. The first-order valence-corrected chi connectivity index (χ1v) is 32.6. The zero-order valence-electron chi connectivity index (χ0n) is 55.1. The molecule has 0 bridgehead atoms. The van der Waals surface area contributed by atoms with Crippen LogP contribution >= 0.6 is 0 Å². The molecule has 1 unspecified atom stereocenters. The van der Waals surface area contributed by atoms with Gasteiger partial charge in [0.05, 0.1) is 19.3 Å². The van der Waals surface area contributed by atoms with Crippen LogP contribution in [0.4, 0.5) is 0 Å². The molecule has 35 heteroatoms. The third-order valence-corrected chi connectivity index (χ3v) is 16.2. The predicted molar refractivity (Wildman–Crippen MR) is 356 cm³/mol. The van der Waals surface area contributed by atoms with Gasteiger partial charge in [0.15, 0.2) is 11.9 Å². The zero-order chi connectivity index (χ0) is 71.8. The van der Waals surface area contributed by atoms with E-state index >= 15 is 4.79 Å². The number of carbonyl (C=O) groups is 12. The molecule has 11 atom stereocenters. The van der Waals surface area contributed by atoms with Crippen LogP contribution in [0.15, 0.2) is 70.8 Å². The van der Waals surface area contributed by atoms with Gasteiger partial charge in [-0.05, 0) is 81.4 Å². The van der Waals surface area contributed by atoms with Crippen molar-refractivity contribution in [2.24, 2.45) is 38.7 Å². The number of guanidine groups is 2. The molecule has 2 fully saturated rings. The first kappa shape index (κ1) is 78.7. The fourth-order valence-corrected chi connectivity index (χ4v) is 11.0. The molecule has 0 saturated carbocycles. The largest absolute Gasteiger partial charge is 0.394 e. The van der Waals surface area contributed by atoms with Gasteiger partial charge in [0, 0.05) is 75.9 Å². The predicted octanol–water partition coefficient (Wildman–Crippen LogP) is -5.53. The van der Waals surface area contributed by atoms with Gasteiger partial charge in [-0.2, -0.15) is 5.48 Å². The molecule has 2 aromatic carbocycles. The van der Waals surface area contributed by atoms with Gasteiger partial charge in [-0.3, -0.25) is 67.5 Å². The highest BCUT2D eigenvalue weighted by molar-refractivity contribution is 6.00. The molecule has 2 aliphatic rings. The summed E-state index contributed by atoms with van der Waals surface area (Å²) in [6.45, 7) is 0.655. The minimum Gasteiger partial charge on any atom is -0.394 e. The van der Waals surface area contributed by atoms with Gasteiger partial charge in [0.25, 0.3) is 0 Å². The lowest BCUT2D eigenvalue weighted by Crippen LogP contribution is -2.61.